The third-order valence-electron chi connectivity index (χ3n) is 7.17. The van der Waals surface area contributed by atoms with Gasteiger partial charge in [-0.25, -0.2) is 4.79 Å². The number of rotatable bonds is 8. The molecule has 2 aliphatic carbocycles. The third kappa shape index (κ3) is 4.59. The predicted octanol–water partition coefficient (Wildman–Crippen LogP) is 2.28. The fraction of sp³-hybridized carbons (Fsp3) is 0.407. The third-order valence-corrected chi connectivity index (χ3v) is 7.17. The van der Waals surface area contributed by atoms with Crippen LogP contribution in [0.3, 0.4) is 0 Å². The molecule has 2 aliphatic rings. The lowest BCUT2D eigenvalue weighted by Crippen LogP contribution is -2.43. The molecule has 37 heavy (non-hydrogen) atoms. The number of primary amides is 1. The van der Waals surface area contributed by atoms with E-state index >= 15 is 0 Å². The summed E-state index contributed by atoms with van der Waals surface area (Å²) in [4.78, 5) is 52.6. The second-order valence-corrected chi connectivity index (χ2v) is 9.35. The zero-order valence-corrected chi connectivity index (χ0v) is 20.9. The molecule has 0 saturated heterocycles. The monoisotopic (exact) mass is 509 g/mol. The highest BCUT2D eigenvalue weighted by Crippen LogP contribution is 2.47. The van der Waals surface area contributed by atoms with Crippen LogP contribution < -0.4 is 15.8 Å². The maximum Gasteiger partial charge on any atom is 0.314 e. The highest BCUT2D eigenvalue weighted by molar-refractivity contribution is 6.31. The number of ketones is 2. The van der Waals surface area contributed by atoms with Gasteiger partial charge in [-0.15, -0.1) is 0 Å². The van der Waals surface area contributed by atoms with Gasteiger partial charge in [-0.1, -0.05) is 25.5 Å². The number of fused-ring (bicyclic) bond motifs is 3. The summed E-state index contributed by atoms with van der Waals surface area (Å²) in [6.07, 6.45) is 2.43. The number of benzene rings is 2. The fourth-order valence-electron chi connectivity index (χ4n) is 5.17. The van der Waals surface area contributed by atoms with Crippen molar-refractivity contribution in [3.05, 3.63) is 51.6 Å². The minimum Gasteiger partial charge on any atom is -0.507 e. The zero-order chi connectivity index (χ0) is 26.9. The van der Waals surface area contributed by atoms with Crippen LogP contribution in [-0.2, 0) is 17.6 Å². The van der Waals surface area contributed by atoms with Crippen LogP contribution in [0, 0.1) is 5.92 Å². The van der Waals surface area contributed by atoms with Gasteiger partial charge in [-0.05, 0) is 31.7 Å². The largest absolute Gasteiger partial charge is 0.507 e. The highest BCUT2D eigenvalue weighted by Gasteiger charge is 2.41. The Morgan fingerprint density at radius 3 is 2.46 bits per heavy atom. The van der Waals surface area contributed by atoms with Crippen molar-refractivity contribution in [3.63, 3.8) is 0 Å². The summed E-state index contributed by atoms with van der Waals surface area (Å²) in [7, 11) is 1.38. The molecule has 10 heteroatoms. The van der Waals surface area contributed by atoms with Crippen LogP contribution in [0.5, 0.6) is 17.2 Å². The number of nitrogens with one attached hydrogen (secondary N) is 1. The number of nitrogens with two attached hydrogens (primary N) is 1. The molecule has 3 amide bonds. The average molecular weight is 510 g/mol. The van der Waals surface area contributed by atoms with Gasteiger partial charge < -0.3 is 30.9 Å². The van der Waals surface area contributed by atoms with Crippen molar-refractivity contribution in [1.82, 2.24) is 10.2 Å². The lowest BCUT2D eigenvalue weighted by Gasteiger charge is -2.29. The Balaban J connectivity index is 1.57. The molecule has 0 spiro atoms. The molecule has 0 saturated carbocycles. The lowest BCUT2D eigenvalue weighted by molar-refractivity contribution is -0.125. The van der Waals surface area contributed by atoms with Gasteiger partial charge >= 0.3 is 6.03 Å². The summed E-state index contributed by atoms with van der Waals surface area (Å²) in [5.41, 5.74) is 5.70. The number of carbonyl (C=O) groups is 4. The van der Waals surface area contributed by atoms with Gasteiger partial charge in [-0.3, -0.25) is 14.4 Å². The van der Waals surface area contributed by atoms with Crippen molar-refractivity contribution < 1.29 is 34.1 Å². The summed E-state index contributed by atoms with van der Waals surface area (Å²) in [5, 5.41) is 25.0. The van der Waals surface area contributed by atoms with E-state index in [1.807, 2.05) is 6.92 Å². The van der Waals surface area contributed by atoms with Crippen LogP contribution in [0.1, 0.15) is 69.2 Å². The predicted molar refractivity (Wildman–Crippen MR) is 134 cm³/mol. The number of nitrogens with zero attached hydrogens (tertiary/aromatic N) is 1. The molecular formula is C27H31N3O7. The van der Waals surface area contributed by atoms with Crippen LogP contribution in [0.25, 0.3) is 0 Å². The number of hydrogen-bond acceptors (Lipinski definition) is 7. The number of unbranched alkanes of at least 4 members (excludes halogenated alkanes) is 1. The normalized spacial score (nSPS) is 15.9. The molecule has 0 aliphatic heterocycles. The van der Waals surface area contributed by atoms with E-state index in [1.165, 1.54) is 18.1 Å². The van der Waals surface area contributed by atoms with Crippen molar-refractivity contribution in [3.8, 4) is 17.2 Å². The lowest BCUT2D eigenvalue weighted by atomic mass is 9.75. The van der Waals surface area contributed by atoms with Gasteiger partial charge in [-0.2, -0.15) is 0 Å². The summed E-state index contributed by atoms with van der Waals surface area (Å²) >= 11 is 0. The van der Waals surface area contributed by atoms with E-state index in [-0.39, 0.29) is 76.9 Å². The second-order valence-electron chi connectivity index (χ2n) is 9.35. The standard InChI is InChI=1S/C27H31N3O7/c1-3-4-11-30(27(28)36)12-10-29-26(35)14-8-9-15-17(13-14)24(33)20-21(22(15)31)25(34)19-16(23(20)32)6-5-7-18(19)37-2/h5-7,14,31,33H,3-4,8-13H2,1-2H3,(H2,28,36)(H,29,35). The second kappa shape index (κ2) is 10.5. The SMILES string of the molecule is CCCCN(CCNC(=O)C1CCc2c(O)c3c(c(O)c2C1)C(=O)c1cccc(OC)c1C3=O)C(N)=O. The fourth-order valence-corrected chi connectivity index (χ4v) is 5.17. The van der Waals surface area contributed by atoms with Crippen molar-refractivity contribution in [2.45, 2.75) is 39.0 Å². The maximum absolute atomic E-state index is 13.3. The molecule has 1 unspecified atom stereocenters. The first-order valence-corrected chi connectivity index (χ1v) is 12.4. The number of amides is 3. The Morgan fingerprint density at radius 2 is 1.78 bits per heavy atom. The molecule has 0 bridgehead atoms. The minimum atomic E-state index is -0.598. The maximum atomic E-state index is 13.3. The Bertz CT molecular complexity index is 1290. The highest BCUT2D eigenvalue weighted by atomic mass is 16.5. The number of phenolic OH excluding ortho intramolecular Hbond substituents is 2. The van der Waals surface area contributed by atoms with Crippen LogP contribution in [0.2, 0.25) is 0 Å². The van der Waals surface area contributed by atoms with Crippen molar-refractivity contribution in [2.24, 2.45) is 11.7 Å². The zero-order valence-electron chi connectivity index (χ0n) is 20.9. The van der Waals surface area contributed by atoms with E-state index in [2.05, 4.69) is 5.32 Å². The van der Waals surface area contributed by atoms with Gasteiger partial charge in [0.05, 0.1) is 23.8 Å². The Labute approximate surface area is 214 Å². The summed E-state index contributed by atoms with van der Waals surface area (Å²) in [6.45, 7) is 3.02. The van der Waals surface area contributed by atoms with Crippen molar-refractivity contribution >= 4 is 23.5 Å². The molecule has 196 valence electrons. The Kier molecular flexibility index (Phi) is 7.37. The minimum absolute atomic E-state index is 0.0501. The quantitative estimate of drug-likeness (QED) is 0.339. The number of hydrogen-bond donors (Lipinski definition) is 4. The van der Waals surface area contributed by atoms with E-state index < -0.39 is 23.5 Å². The van der Waals surface area contributed by atoms with E-state index in [0.717, 1.165) is 12.8 Å². The average Bonchev–Trinajstić information content (AvgIpc) is 2.90. The van der Waals surface area contributed by atoms with E-state index in [0.29, 0.717) is 18.5 Å². The molecule has 2 aromatic rings. The molecule has 2 aromatic carbocycles. The molecule has 1 atom stereocenters. The van der Waals surface area contributed by atoms with Gasteiger partial charge in [0.2, 0.25) is 11.7 Å². The molecule has 4 rings (SSSR count). The van der Waals surface area contributed by atoms with Crippen molar-refractivity contribution in [2.75, 3.05) is 26.7 Å². The van der Waals surface area contributed by atoms with E-state index in [4.69, 9.17) is 10.5 Å². The Hall–Kier alpha value is -4.08. The van der Waals surface area contributed by atoms with Gasteiger partial charge in [0.1, 0.15) is 17.2 Å². The first-order chi connectivity index (χ1) is 17.7. The van der Waals surface area contributed by atoms with Crippen LogP contribution in [-0.4, -0.2) is 65.4 Å². The van der Waals surface area contributed by atoms with E-state index in [1.54, 1.807) is 12.1 Å². The molecule has 10 nitrogen and oxygen atoms in total. The molecule has 0 fully saturated rings. The van der Waals surface area contributed by atoms with Crippen molar-refractivity contribution in [1.29, 1.82) is 0 Å². The number of carbonyl (C=O) groups excluding carboxylic acids is 4. The molecule has 0 aromatic heterocycles. The molecule has 0 radical (unpaired) electrons. The summed E-state index contributed by atoms with van der Waals surface area (Å²) < 4.78 is 5.26. The first-order valence-electron chi connectivity index (χ1n) is 12.4. The van der Waals surface area contributed by atoms with Crippen LogP contribution in [0.4, 0.5) is 4.79 Å². The number of phenols is 2. The molecule has 5 N–H and O–H groups in total. The number of methoxy groups -OCH3 is 1. The van der Waals surface area contributed by atoms with Gasteiger partial charge in [0.15, 0.2) is 5.78 Å². The summed E-state index contributed by atoms with van der Waals surface area (Å²) in [5.74, 6) is -2.49. The number of aromatic hydroxyl groups is 2. The van der Waals surface area contributed by atoms with Crippen LogP contribution >= 0.6 is 0 Å². The van der Waals surface area contributed by atoms with Crippen LogP contribution in [0.15, 0.2) is 18.2 Å². The van der Waals surface area contributed by atoms with E-state index in [9.17, 15) is 29.4 Å². The smallest absolute Gasteiger partial charge is 0.314 e. The molecular weight excluding hydrogens is 478 g/mol. The topological polar surface area (TPSA) is 159 Å². The Morgan fingerprint density at radius 1 is 1.08 bits per heavy atom. The first kappa shape index (κ1) is 26.0. The molecule has 0 heterocycles. The van der Waals surface area contributed by atoms with Gasteiger partial charge in [0, 0.05) is 42.2 Å². The number of ether oxygens (including phenoxy) is 1. The summed E-state index contributed by atoms with van der Waals surface area (Å²) in [6, 6.07) is 4.06. The van der Waals surface area contributed by atoms with Gasteiger partial charge in [0.25, 0.3) is 0 Å². The number of urea groups is 1.